The molecule has 0 aliphatic rings. The standard InChI is InChI=1S/C12H12ClNO/c13-10-5-3-9(4-6-10)8-11(14)12-2-1-7-15-12/h1-7,11H,8,14H2. The zero-order valence-corrected chi connectivity index (χ0v) is 8.95. The second-order valence-corrected chi connectivity index (χ2v) is 3.89. The molecule has 0 spiro atoms. The smallest absolute Gasteiger partial charge is 0.120 e. The Morgan fingerprint density at radius 1 is 1.20 bits per heavy atom. The second-order valence-electron chi connectivity index (χ2n) is 3.45. The summed E-state index contributed by atoms with van der Waals surface area (Å²) in [6.45, 7) is 0. The summed E-state index contributed by atoms with van der Waals surface area (Å²) in [4.78, 5) is 0. The molecule has 15 heavy (non-hydrogen) atoms. The lowest BCUT2D eigenvalue weighted by molar-refractivity contribution is 0.464. The fourth-order valence-electron chi connectivity index (χ4n) is 1.48. The maximum Gasteiger partial charge on any atom is 0.120 e. The molecule has 2 rings (SSSR count). The van der Waals surface area contributed by atoms with E-state index in [4.69, 9.17) is 21.8 Å². The van der Waals surface area contributed by atoms with Crippen LogP contribution in [0.5, 0.6) is 0 Å². The summed E-state index contributed by atoms with van der Waals surface area (Å²) in [5, 5.41) is 0.741. The van der Waals surface area contributed by atoms with Gasteiger partial charge in [-0.2, -0.15) is 0 Å². The zero-order valence-electron chi connectivity index (χ0n) is 8.19. The van der Waals surface area contributed by atoms with Crippen LogP contribution in [0, 0.1) is 0 Å². The molecule has 0 radical (unpaired) electrons. The van der Waals surface area contributed by atoms with Crippen molar-refractivity contribution in [2.45, 2.75) is 12.5 Å². The molecule has 0 bridgehead atoms. The Morgan fingerprint density at radius 3 is 2.53 bits per heavy atom. The maximum atomic E-state index is 5.98. The molecule has 78 valence electrons. The van der Waals surface area contributed by atoms with Crippen LogP contribution in [-0.2, 0) is 6.42 Å². The third-order valence-corrected chi connectivity index (χ3v) is 2.53. The SMILES string of the molecule is NC(Cc1ccc(Cl)cc1)c1ccco1. The molecule has 0 amide bonds. The molecular weight excluding hydrogens is 210 g/mol. The lowest BCUT2D eigenvalue weighted by Crippen LogP contribution is -2.12. The normalized spacial score (nSPS) is 12.7. The van der Waals surface area contributed by atoms with Crippen molar-refractivity contribution in [2.75, 3.05) is 0 Å². The van der Waals surface area contributed by atoms with E-state index in [1.807, 2.05) is 36.4 Å². The van der Waals surface area contributed by atoms with Crippen molar-refractivity contribution in [3.05, 3.63) is 59.0 Å². The molecule has 0 aliphatic carbocycles. The Kier molecular flexibility index (Phi) is 3.09. The van der Waals surface area contributed by atoms with Gasteiger partial charge in [0.05, 0.1) is 12.3 Å². The van der Waals surface area contributed by atoms with E-state index in [1.165, 1.54) is 0 Å². The van der Waals surface area contributed by atoms with E-state index in [2.05, 4.69) is 0 Å². The topological polar surface area (TPSA) is 39.2 Å². The van der Waals surface area contributed by atoms with Crippen molar-refractivity contribution >= 4 is 11.6 Å². The predicted molar refractivity (Wildman–Crippen MR) is 60.8 cm³/mol. The van der Waals surface area contributed by atoms with Crippen molar-refractivity contribution in [3.8, 4) is 0 Å². The first-order valence-electron chi connectivity index (χ1n) is 4.79. The van der Waals surface area contributed by atoms with Crippen LogP contribution < -0.4 is 5.73 Å². The van der Waals surface area contributed by atoms with Crippen LogP contribution in [0.15, 0.2) is 47.1 Å². The monoisotopic (exact) mass is 221 g/mol. The minimum atomic E-state index is -0.0961. The van der Waals surface area contributed by atoms with Gasteiger partial charge >= 0.3 is 0 Å². The molecule has 2 aromatic rings. The van der Waals surface area contributed by atoms with Crippen molar-refractivity contribution in [1.29, 1.82) is 0 Å². The Hall–Kier alpha value is -1.25. The second kappa shape index (κ2) is 4.51. The summed E-state index contributed by atoms with van der Waals surface area (Å²) in [5.41, 5.74) is 7.14. The number of furan rings is 1. The van der Waals surface area contributed by atoms with E-state index >= 15 is 0 Å². The van der Waals surface area contributed by atoms with Crippen LogP contribution in [0.25, 0.3) is 0 Å². The molecule has 1 heterocycles. The molecule has 3 heteroatoms. The third kappa shape index (κ3) is 2.61. The van der Waals surface area contributed by atoms with Crippen molar-refractivity contribution < 1.29 is 4.42 Å². The fourth-order valence-corrected chi connectivity index (χ4v) is 1.60. The predicted octanol–water partition coefficient (Wildman–Crippen LogP) is 3.18. The van der Waals surface area contributed by atoms with Crippen LogP contribution in [0.3, 0.4) is 0 Å². The van der Waals surface area contributed by atoms with Crippen LogP contribution in [0.4, 0.5) is 0 Å². The molecular formula is C12H12ClNO. The highest BCUT2D eigenvalue weighted by Crippen LogP contribution is 2.17. The van der Waals surface area contributed by atoms with E-state index in [9.17, 15) is 0 Å². The summed E-state index contributed by atoms with van der Waals surface area (Å²) in [6.07, 6.45) is 2.39. The number of hydrogen-bond acceptors (Lipinski definition) is 2. The first kappa shape index (κ1) is 10.3. The number of hydrogen-bond donors (Lipinski definition) is 1. The highest BCUT2D eigenvalue weighted by atomic mass is 35.5. The van der Waals surface area contributed by atoms with Gasteiger partial charge in [-0.1, -0.05) is 23.7 Å². The van der Waals surface area contributed by atoms with E-state index in [0.717, 1.165) is 22.8 Å². The molecule has 0 saturated heterocycles. The Balaban J connectivity index is 2.06. The van der Waals surface area contributed by atoms with Crippen LogP contribution in [0.1, 0.15) is 17.4 Å². The minimum absolute atomic E-state index is 0.0961. The molecule has 1 aromatic carbocycles. The first-order chi connectivity index (χ1) is 7.25. The average molecular weight is 222 g/mol. The fraction of sp³-hybridized carbons (Fsp3) is 0.167. The van der Waals surface area contributed by atoms with Gasteiger partial charge in [-0.3, -0.25) is 0 Å². The van der Waals surface area contributed by atoms with Crippen LogP contribution >= 0.6 is 11.6 Å². The molecule has 2 N–H and O–H groups in total. The molecule has 0 saturated carbocycles. The molecule has 0 fully saturated rings. The highest BCUT2D eigenvalue weighted by Gasteiger charge is 2.09. The number of rotatable bonds is 3. The van der Waals surface area contributed by atoms with Gasteiger partial charge in [-0.05, 0) is 36.2 Å². The first-order valence-corrected chi connectivity index (χ1v) is 5.17. The van der Waals surface area contributed by atoms with Gasteiger partial charge in [0.15, 0.2) is 0 Å². The summed E-state index contributed by atoms with van der Waals surface area (Å²) in [5.74, 6) is 0.810. The third-order valence-electron chi connectivity index (χ3n) is 2.28. The summed E-state index contributed by atoms with van der Waals surface area (Å²) >= 11 is 5.80. The quantitative estimate of drug-likeness (QED) is 0.865. The molecule has 1 aromatic heterocycles. The van der Waals surface area contributed by atoms with Gasteiger partial charge in [0.25, 0.3) is 0 Å². The zero-order chi connectivity index (χ0) is 10.7. The van der Waals surface area contributed by atoms with Crippen molar-refractivity contribution in [3.63, 3.8) is 0 Å². The van der Waals surface area contributed by atoms with Gasteiger partial charge < -0.3 is 10.2 Å². The number of nitrogens with two attached hydrogens (primary N) is 1. The van der Waals surface area contributed by atoms with E-state index in [-0.39, 0.29) is 6.04 Å². The van der Waals surface area contributed by atoms with E-state index in [0.29, 0.717) is 0 Å². The summed E-state index contributed by atoms with van der Waals surface area (Å²) in [7, 11) is 0. The average Bonchev–Trinajstić information content (AvgIpc) is 2.74. The Labute approximate surface area is 93.7 Å². The van der Waals surface area contributed by atoms with Crippen LogP contribution in [0.2, 0.25) is 5.02 Å². The summed E-state index contributed by atoms with van der Waals surface area (Å²) in [6, 6.07) is 11.3. The van der Waals surface area contributed by atoms with Gasteiger partial charge in [-0.15, -0.1) is 0 Å². The Morgan fingerprint density at radius 2 is 1.93 bits per heavy atom. The molecule has 1 unspecified atom stereocenters. The van der Waals surface area contributed by atoms with Crippen LogP contribution in [-0.4, -0.2) is 0 Å². The maximum absolute atomic E-state index is 5.98. The Bertz CT molecular complexity index is 408. The largest absolute Gasteiger partial charge is 0.468 e. The van der Waals surface area contributed by atoms with Gasteiger partial charge in [0.2, 0.25) is 0 Å². The molecule has 2 nitrogen and oxygen atoms in total. The lowest BCUT2D eigenvalue weighted by atomic mass is 10.1. The van der Waals surface area contributed by atoms with Gasteiger partial charge in [0.1, 0.15) is 5.76 Å². The lowest BCUT2D eigenvalue weighted by Gasteiger charge is -2.08. The van der Waals surface area contributed by atoms with Gasteiger partial charge in [-0.25, -0.2) is 0 Å². The number of benzene rings is 1. The molecule has 0 aliphatic heterocycles. The summed E-state index contributed by atoms with van der Waals surface area (Å²) < 4.78 is 5.24. The van der Waals surface area contributed by atoms with Crippen molar-refractivity contribution in [1.82, 2.24) is 0 Å². The highest BCUT2D eigenvalue weighted by molar-refractivity contribution is 6.30. The van der Waals surface area contributed by atoms with Gasteiger partial charge in [0, 0.05) is 5.02 Å². The minimum Gasteiger partial charge on any atom is -0.468 e. The van der Waals surface area contributed by atoms with E-state index in [1.54, 1.807) is 6.26 Å². The molecule has 1 atom stereocenters. The number of halogens is 1. The van der Waals surface area contributed by atoms with Crippen molar-refractivity contribution in [2.24, 2.45) is 5.73 Å². The van der Waals surface area contributed by atoms with E-state index < -0.39 is 0 Å².